The van der Waals surface area contributed by atoms with Gasteiger partial charge >= 0.3 is 0 Å². The van der Waals surface area contributed by atoms with Crippen molar-refractivity contribution in [3.63, 3.8) is 0 Å². The van der Waals surface area contributed by atoms with E-state index >= 15 is 0 Å². The number of unbranched alkanes of at least 4 members (excludes halogenated alkanes) is 30. The number of carbonyl (C=O) groups is 1. The Kier molecular flexibility index (Phi) is 43.7. The van der Waals surface area contributed by atoms with Crippen LogP contribution in [-0.2, 0) is 42.7 Å². The van der Waals surface area contributed by atoms with Gasteiger partial charge in [-0.15, -0.1) is 0 Å². The number of hydrogen-bond acceptors (Lipinski definition) is 23. The minimum atomic E-state index is -2.09. The maximum absolute atomic E-state index is 13.4. The van der Waals surface area contributed by atoms with Crippen molar-refractivity contribution in [2.24, 2.45) is 0 Å². The van der Waals surface area contributed by atoms with Crippen LogP contribution >= 0.6 is 0 Å². The monoisotopic (exact) mass is 1320 g/mol. The minimum Gasteiger partial charge on any atom is -0.394 e. The first kappa shape index (κ1) is 82.5. The molecule has 24 nitrogen and oxygen atoms in total. The van der Waals surface area contributed by atoms with E-state index in [1.54, 1.807) is 6.08 Å². The molecule has 4 heterocycles. The Hall–Kier alpha value is -1.93. The largest absolute Gasteiger partial charge is 0.394 e. The van der Waals surface area contributed by atoms with Crippen molar-refractivity contribution in [2.45, 2.75) is 367 Å². The molecule has 4 aliphatic heterocycles. The van der Waals surface area contributed by atoms with Crippen molar-refractivity contribution in [3.8, 4) is 0 Å². The number of aliphatic hydroxyl groups is 14. The SMILES string of the molecule is CCCCCCCC/C=C\CCCCCCCCCCCCCCCC(=O)N[C@@H](CO[C@@H]1OC(CO)[C@@H](O[C@@H]2OC(CO)[C@H](O[C@@H]3OC(CO)[C@H](O)[C@H](O[C@@H]4OC(CO)[C@H](O)[C@H](O)C4O)C3O)[C@H](O)C2O)[C@H](O)C1O)[C@H](O)/C=C/CCCCCCCCCCCCC. The normalized spacial score (nSPS) is 32.8. The molecule has 0 aromatic heterocycles. The van der Waals surface area contributed by atoms with Crippen molar-refractivity contribution < 1.29 is 114 Å². The summed E-state index contributed by atoms with van der Waals surface area (Å²) in [5.74, 6) is -0.300. The number of aliphatic hydroxyl groups excluding tert-OH is 14. The highest BCUT2D eigenvalue weighted by Gasteiger charge is 2.55. The summed E-state index contributed by atoms with van der Waals surface area (Å²) >= 11 is 0. The standard InChI is InChI=1S/C68H125NO23/c1-3-5-7-9-11-13-15-17-18-19-20-21-22-23-24-25-26-28-30-32-34-36-38-40-52(75)69-46(47(74)39-37-35-33-31-29-27-16-14-12-10-8-6-4-2)45-85-65-59(82)56(79)62(50(43-72)88-65)90-67-60(83)57(80)63(51(44-73)89-67)91-68-61(84)64(54(77)49(42-71)87-68)92-66-58(81)55(78)53(76)48(41-70)86-66/h17-18,37,39,46-51,53-68,70-74,76-84H,3-16,19-36,38,40-45H2,1-2H3,(H,69,75)/b18-17-,39-37+/t46-,47+,48?,49?,50?,51?,53-,54-,55-,56+,57+,58?,59?,60?,61?,62+,63-,64-,65+,66-,67-,68-/m0/s1. The molecule has 0 spiro atoms. The first-order valence-electron chi connectivity index (χ1n) is 35.6. The lowest BCUT2D eigenvalue weighted by atomic mass is 9.95. The van der Waals surface area contributed by atoms with E-state index in [-0.39, 0.29) is 18.9 Å². The van der Waals surface area contributed by atoms with Crippen molar-refractivity contribution >= 4 is 5.91 Å². The predicted molar refractivity (Wildman–Crippen MR) is 342 cm³/mol. The molecule has 4 fully saturated rings. The zero-order chi connectivity index (χ0) is 67.0. The van der Waals surface area contributed by atoms with Crippen LogP contribution in [0.15, 0.2) is 24.3 Å². The Morgan fingerprint density at radius 2 is 0.717 bits per heavy atom. The first-order chi connectivity index (χ1) is 44.6. The topological polar surface area (TPSA) is 386 Å². The number of rotatable bonds is 51. The summed E-state index contributed by atoms with van der Waals surface area (Å²) in [5, 5.41) is 154. The number of nitrogens with one attached hydrogen (secondary N) is 1. The summed E-state index contributed by atoms with van der Waals surface area (Å²) in [7, 11) is 0. The van der Waals surface area contributed by atoms with Gasteiger partial charge in [-0.05, 0) is 44.9 Å². The number of allylic oxidation sites excluding steroid dienone is 3. The molecular weight excluding hydrogens is 1200 g/mol. The predicted octanol–water partition coefficient (Wildman–Crippen LogP) is 4.54. The maximum atomic E-state index is 13.4. The van der Waals surface area contributed by atoms with Crippen LogP contribution < -0.4 is 5.32 Å². The second-order valence-electron chi connectivity index (χ2n) is 26.0. The van der Waals surface area contributed by atoms with Gasteiger partial charge in [0.25, 0.3) is 0 Å². The van der Waals surface area contributed by atoms with E-state index in [1.807, 2.05) is 6.08 Å². The summed E-state index contributed by atoms with van der Waals surface area (Å²) < 4.78 is 45.8. The molecular formula is C68H125NO23. The van der Waals surface area contributed by atoms with Crippen LogP contribution in [0.25, 0.3) is 0 Å². The van der Waals surface area contributed by atoms with E-state index in [2.05, 4.69) is 31.3 Å². The summed E-state index contributed by atoms with van der Waals surface area (Å²) in [6.45, 7) is 0.564. The fourth-order valence-electron chi connectivity index (χ4n) is 12.4. The van der Waals surface area contributed by atoms with Crippen LogP contribution in [0.3, 0.4) is 0 Å². The number of amides is 1. The lowest BCUT2D eigenvalue weighted by molar-refractivity contribution is -0.389. The Morgan fingerprint density at radius 3 is 1.15 bits per heavy atom. The second-order valence-corrected chi connectivity index (χ2v) is 26.0. The summed E-state index contributed by atoms with van der Waals surface area (Å²) in [4.78, 5) is 13.4. The zero-order valence-corrected chi connectivity index (χ0v) is 55.5. The Bertz CT molecular complexity index is 1890. The average Bonchev–Trinajstić information content (AvgIpc) is 0.807. The lowest BCUT2D eigenvalue weighted by Crippen LogP contribution is -2.67. The van der Waals surface area contributed by atoms with Crippen LogP contribution in [0, 0.1) is 0 Å². The molecule has 0 bridgehead atoms. The third-order valence-electron chi connectivity index (χ3n) is 18.4. The van der Waals surface area contributed by atoms with E-state index in [0.29, 0.717) is 12.8 Å². The van der Waals surface area contributed by atoms with Gasteiger partial charge in [-0.2, -0.15) is 0 Å². The summed E-state index contributed by atoms with van der Waals surface area (Å²) in [6.07, 6.45) is 10.4. The maximum Gasteiger partial charge on any atom is 0.220 e. The van der Waals surface area contributed by atoms with Crippen LogP contribution in [-0.4, -0.2) is 245 Å². The van der Waals surface area contributed by atoms with Crippen molar-refractivity contribution in [3.05, 3.63) is 24.3 Å². The number of hydrogen-bond donors (Lipinski definition) is 15. The van der Waals surface area contributed by atoms with Crippen LogP contribution in [0.2, 0.25) is 0 Å². The molecule has 1 amide bonds. The molecule has 0 radical (unpaired) electrons. The number of ether oxygens (including phenoxy) is 8. The Balaban J connectivity index is 1.25. The van der Waals surface area contributed by atoms with E-state index in [4.69, 9.17) is 37.9 Å². The van der Waals surface area contributed by atoms with Gasteiger partial charge < -0.3 is 115 Å². The van der Waals surface area contributed by atoms with Gasteiger partial charge in [0, 0.05) is 6.42 Å². The highest BCUT2D eigenvalue weighted by molar-refractivity contribution is 5.76. The smallest absolute Gasteiger partial charge is 0.220 e. The first-order valence-corrected chi connectivity index (χ1v) is 35.6. The third kappa shape index (κ3) is 29.3. The van der Waals surface area contributed by atoms with Gasteiger partial charge in [0.05, 0.1) is 45.2 Å². The molecule has 0 saturated carbocycles. The van der Waals surface area contributed by atoms with Crippen LogP contribution in [0.5, 0.6) is 0 Å². The molecule has 92 heavy (non-hydrogen) atoms. The van der Waals surface area contributed by atoms with E-state index in [0.717, 1.165) is 44.9 Å². The van der Waals surface area contributed by atoms with Crippen LogP contribution in [0.4, 0.5) is 0 Å². The molecule has 22 atom stereocenters. The van der Waals surface area contributed by atoms with Gasteiger partial charge in [0.1, 0.15) is 97.7 Å². The summed E-state index contributed by atoms with van der Waals surface area (Å²) in [5.41, 5.74) is 0. The molecule has 540 valence electrons. The fraction of sp³-hybridized carbons (Fsp3) is 0.926. The lowest BCUT2D eigenvalue weighted by Gasteiger charge is -2.49. The van der Waals surface area contributed by atoms with Crippen LogP contribution in [0.1, 0.15) is 232 Å². The molecule has 0 aliphatic carbocycles. The van der Waals surface area contributed by atoms with E-state index < -0.39 is 161 Å². The minimum absolute atomic E-state index is 0.219. The number of carbonyl (C=O) groups excluding carboxylic acids is 1. The average molecular weight is 1320 g/mol. The van der Waals surface area contributed by atoms with Gasteiger partial charge in [-0.25, -0.2) is 0 Å². The zero-order valence-electron chi connectivity index (χ0n) is 55.5. The molecule has 0 aromatic carbocycles. The van der Waals surface area contributed by atoms with Crippen molar-refractivity contribution in [2.75, 3.05) is 33.0 Å². The van der Waals surface area contributed by atoms with E-state index in [9.17, 15) is 76.3 Å². The second kappa shape index (κ2) is 48.7. The van der Waals surface area contributed by atoms with Gasteiger partial charge in [-0.3, -0.25) is 4.79 Å². The van der Waals surface area contributed by atoms with E-state index in [1.165, 1.54) is 154 Å². The highest BCUT2D eigenvalue weighted by atomic mass is 16.8. The molecule has 15 N–H and O–H groups in total. The third-order valence-corrected chi connectivity index (χ3v) is 18.4. The summed E-state index contributed by atoms with van der Waals surface area (Å²) in [6, 6.07) is -1.01. The Labute approximate surface area is 548 Å². The van der Waals surface area contributed by atoms with Gasteiger partial charge in [-0.1, -0.05) is 205 Å². The molecule has 24 heteroatoms. The molecule has 4 aliphatic rings. The Morgan fingerprint density at radius 1 is 0.380 bits per heavy atom. The molecule has 0 aromatic rings. The van der Waals surface area contributed by atoms with Crippen molar-refractivity contribution in [1.29, 1.82) is 0 Å². The quantitative estimate of drug-likeness (QED) is 0.0294. The fourth-order valence-corrected chi connectivity index (χ4v) is 12.4. The molecule has 4 rings (SSSR count). The van der Waals surface area contributed by atoms with Crippen molar-refractivity contribution in [1.82, 2.24) is 5.32 Å². The molecule has 4 saturated heterocycles. The van der Waals surface area contributed by atoms with Gasteiger partial charge in [0.2, 0.25) is 5.91 Å². The highest BCUT2D eigenvalue weighted by Crippen LogP contribution is 2.35. The molecule has 8 unspecified atom stereocenters. The van der Waals surface area contributed by atoms with Gasteiger partial charge in [0.15, 0.2) is 25.2 Å².